The molecule has 0 aliphatic heterocycles. The first-order valence-electron chi connectivity index (χ1n) is 5.29. The molecule has 112 valence electrons. The minimum Gasteiger partial charge on any atom is -0.326 e. The molecule has 0 aliphatic carbocycles. The quantitative estimate of drug-likeness (QED) is 0.867. The molecule has 0 heterocycles. The lowest BCUT2D eigenvalue weighted by Gasteiger charge is -2.09. The van der Waals surface area contributed by atoms with Gasteiger partial charge in [0.1, 0.15) is 12.2 Å². The number of sulfone groups is 1. The number of hydrogen-bond acceptors (Lipinski definition) is 3. The average Bonchev–Trinajstić information content (AvgIpc) is 2.17. The molecule has 0 spiro atoms. The van der Waals surface area contributed by atoms with E-state index in [2.05, 4.69) is 0 Å². The Kier molecular flexibility index (Phi) is 4.74. The zero-order valence-corrected chi connectivity index (χ0v) is 11.1. The van der Waals surface area contributed by atoms with Crippen LogP contribution in [0.25, 0.3) is 0 Å². The Morgan fingerprint density at radius 2 is 1.90 bits per heavy atom. The lowest BCUT2D eigenvalue weighted by atomic mass is 10.2. The fraction of sp³-hybridized carbons (Fsp3) is 0.364. The molecule has 1 rings (SSSR count). The van der Waals surface area contributed by atoms with E-state index in [-0.39, 0.29) is 11.3 Å². The van der Waals surface area contributed by atoms with Crippen LogP contribution in [0.1, 0.15) is 12.0 Å². The van der Waals surface area contributed by atoms with Gasteiger partial charge in [0.05, 0.1) is 5.75 Å². The van der Waals surface area contributed by atoms with Crippen molar-refractivity contribution >= 4 is 21.4 Å². The van der Waals surface area contributed by atoms with Crippen LogP contribution in [0, 0.1) is 5.82 Å². The summed E-state index contributed by atoms with van der Waals surface area (Å²) in [5.41, 5.74) is -0.296. The smallest absolute Gasteiger partial charge is 0.326 e. The summed E-state index contributed by atoms with van der Waals surface area (Å²) in [6.07, 6.45) is -5.41. The predicted molar refractivity (Wildman–Crippen MR) is 64.2 cm³/mol. The number of benzene rings is 1. The maximum Gasteiger partial charge on any atom is 0.397 e. The molecular formula is C11H11F4NO3S. The van der Waals surface area contributed by atoms with Gasteiger partial charge in [0.15, 0.2) is 9.84 Å². The fourth-order valence-corrected chi connectivity index (χ4v) is 2.21. The number of nitrogens with one attached hydrogen (secondary N) is 1. The summed E-state index contributed by atoms with van der Waals surface area (Å²) in [6.45, 7) is 0. The number of carbonyl (C=O) groups excluding carboxylic acids is 1. The Morgan fingerprint density at radius 3 is 2.35 bits per heavy atom. The number of alkyl halides is 3. The maximum atomic E-state index is 13.5. The number of carbonyl (C=O) groups is 1. The summed E-state index contributed by atoms with van der Waals surface area (Å²) < 4.78 is 71.4. The number of amides is 1. The van der Waals surface area contributed by atoms with Gasteiger partial charge in [-0.3, -0.25) is 4.79 Å². The van der Waals surface area contributed by atoms with Crippen LogP contribution < -0.4 is 5.32 Å². The van der Waals surface area contributed by atoms with Crippen LogP contribution in [0.5, 0.6) is 0 Å². The molecule has 0 fully saturated rings. The summed E-state index contributed by atoms with van der Waals surface area (Å²) in [7, 11) is -3.44. The number of halogens is 4. The van der Waals surface area contributed by atoms with Gasteiger partial charge in [-0.2, -0.15) is 13.2 Å². The van der Waals surface area contributed by atoms with Gasteiger partial charge in [-0.15, -0.1) is 0 Å². The van der Waals surface area contributed by atoms with E-state index in [1.54, 1.807) is 0 Å². The van der Waals surface area contributed by atoms with Crippen LogP contribution in [-0.4, -0.2) is 26.8 Å². The second-order valence-electron chi connectivity index (χ2n) is 4.22. The third-order valence-electron chi connectivity index (χ3n) is 2.12. The Labute approximate surface area is 112 Å². The van der Waals surface area contributed by atoms with Gasteiger partial charge in [-0.05, 0) is 12.1 Å². The highest BCUT2D eigenvalue weighted by molar-refractivity contribution is 7.89. The lowest BCUT2D eigenvalue weighted by Crippen LogP contribution is -2.21. The van der Waals surface area contributed by atoms with Gasteiger partial charge in [-0.25, -0.2) is 12.8 Å². The van der Waals surface area contributed by atoms with Gasteiger partial charge in [0, 0.05) is 17.5 Å². The minimum atomic E-state index is -4.65. The van der Waals surface area contributed by atoms with E-state index in [4.69, 9.17) is 0 Å². The maximum absolute atomic E-state index is 13.5. The molecule has 1 amide bonds. The first-order chi connectivity index (χ1) is 8.96. The van der Waals surface area contributed by atoms with Crippen molar-refractivity contribution in [1.82, 2.24) is 0 Å². The summed E-state index contributed by atoms with van der Waals surface area (Å²) in [6, 6.07) is 3.01. The lowest BCUT2D eigenvalue weighted by molar-refractivity contribution is -0.150. The summed E-state index contributed by atoms with van der Waals surface area (Å²) >= 11 is 0. The highest BCUT2D eigenvalue weighted by atomic mass is 32.2. The SMILES string of the molecule is CS(=O)(=O)Cc1ccc(NC(=O)CC(F)(F)F)cc1F. The second-order valence-corrected chi connectivity index (χ2v) is 6.36. The van der Waals surface area contributed by atoms with Crippen molar-refractivity contribution in [2.45, 2.75) is 18.3 Å². The van der Waals surface area contributed by atoms with Crippen LogP contribution in [0.2, 0.25) is 0 Å². The Hall–Kier alpha value is -1.64. The third kappa shape index (κ3) is 6.00. The molecule has 0 saturated heterocycles. The van der Waals surface area contributed by atoms with Crippen molar-refractivity contribution in [3.63, 3.8) is 0 Å². The van der Waals surface area contributed by atoms with Crippen molar-refractivity contribution in [2.24, 2.45) is 0 Å². The first-order valence-corrected chi connectivity index (χ1v) is 7.35. The first kappa shape index (κ1) is 16.4. The van der Waals surface area contributed by atoms with Crippen molar-refractivity contribution in [3.8, 4) is 0 Å². The minimum absolute atomic E-state index is 0.124. The highest BCUT2D eigenvalue weighted by Crippen LogP contribution is 2.21. The van der Waals surface area contributed by atoms with Gasteiger partial charge in [-0.1, -0.05) is 6.07 Å². The van der Waals surface area contributed by atoms with E-state index in [1.807, 2.05) is 5.32 Å². The Morgan fingerprint density at radius 1 is 1.30 bits per heavy atom. The van der Waals surface area contributed by atoms with E-state index in [0.717, 1.165) is 24.5 Å². The molecule has 0 bridgehead atoms. The van der Waals surface area contributed by atoms with Crippen LogP contribution in [0.4, 0.5) is 23.2 Å². The van der Waals surface area contributed by atoms with Gasteiger partial charge in [0.25, 0.3) is 0 Å². The summed E-state index contributed by atoms with van der Waals surface area (Å²) in [5, 5.41) is 1.88. The van der Waals surface area contributed by atoms with Crippen LogP contribution in [0.3, 0.4) is 0 Å². The molecule has 0 aliphatic rings. The van der Waals surface area contributed by atoms with Crippen molar-refractivity contribution < 1.29 is 30.8 Å². The summed E-state index contributed by atoms with van der Waals surface area (Å²) in [5.74, 6) is -2.77. The molecule has 4 nitrogen and oxygen atoms in total. The van der Waals surface area contributed by atoms with E-state index in [9.17, 15) is 30.8 Å². The summed E-state index contributed by atoms with van der Waals surface area (Å²) in [4.78, 5) is 11.0. The number of rotatable bonds is 4. The predicted octanol–water partition coefficient (Wildman–Crippen LogP) is 2.26. The number of hydrogen-bond donors (Lipinski definition) is 1. The molecule has 20 heavy (non-hydrogen) atoms. The van der Waals surface area contributed by atoms with Gasteiger partial charge >= 0.3 is 6.18 Å². The van der Waals surface area contributed by atoms with Gasteiger partial charge < -0.3 is 5.32 Å². The fourth-order valence-electron chi connectivity index (χ4n) is 1.41. The molecule has 1 N–H and O–H groups in total. The number of anilines is 1. The average molecular weight is 313 g/mol. The topological polar surface area (TPSA) is 63.2 Å². The molecule has 9 heteroatoms. The second kappa shape index (κ2) is 5.78. The zero-order chi connectivity index (χ0) is 15.6. The molecule has 0 atom stereocenters. The molecule has 0 unspecified atom stereocenters. The zero-order valence-electron chi connectivity index (χ0n) is 10.3. The standard InChI is InChI=1S/C11H11F4NO3S/c1-20(18,19)6-7-2-3-8(4-9(7)12)16-10(17)5-11(13,14)15/h2-4H,5-6H2,1H3,(H,16,17). The largest absolute Gasteiger partial charge is 0.397 e. The van der Waals surface area contributed by atoms with E-state index in [1.165, 1.54) is 0 Å². The molecule has 1 aromatic rings. The molecular weight excluding hydrogens is 302 g/mol. The monoisotopic (exact) mass is 313 g/mol. The van der Waals surface area contributed by atoms with Crippen molar-refractivity contribution in [1.29, 1.82) is 0 Å². The van der Waals surface area contributed by atoms with Crippen LogP contribution >= 0.6 is 0 Å². The van der Waals surface area contributed by atoms with Gasteiger partial charge in [0.2, 0.25) is 5.91 Å². The van der Waals surface area contributed by atoms with Crippen molar-refractivity contribution in [2.75, 3.05) is 11.6 Å². The molecule has 0 radical (unpaired) electrons. The Balaban J connectivity index is 2.80. The van der Waals surface area contributed by atoms with Crippen LogP contribution in [-0.2, 0) is 20.4 Å². The molecule has 0 aromatic heterocycles. The van der Waals surface area contributed by atoms with E-state index in [0.29, 0.717) is 0 Å². The van der Waals surface area contributed by atoms with Crippen LogP contribution in [0.15, 0.2) is 18.2 Å². The van der Waals surface area contributed by atoms with Crippen molar-refractivity contribution in [3.05, 3.63) is 29.6 Å². The van der Waals surface area contributed by atoms with E-state index >= 15 is 0 Å². The molecule has 1 aromatic carbocycles. The normalized spacial score (nSPS) is 12.2. The Bertz CT molecular complexity index is 611. The third-order valence-corrected chi connectivity index (χ3v) is 2.95. The molecule has 0 saturated carbocycles. The van der Waals surface area contributed by atoms with E-state index < -0.39 is 39.9 Å². The highest BCUT2D eigenvalue weighted by Gasteiger charge is 2.31.